The molecule has 0 aliphatic carbocycles. The minimum absolute atomic E-state index is 0.0654. The highest BCUT2D eigenvalue weighted by Crippen LogP contribution is 2.28. The summed E-state index contributed by atoms with van der Waals surface area (Å²) in [4.78, 5) is 2.57. The molecule has 118 valence electrons. The Kier molecular flexibility index (Phi) is 5.77. The van der Waals surface area contributed by atoms with E-state index in [0.717, 1.165) is 18.0 Å². The monoisotopic (exact) mass is 292 g/mol. The van der Waals surface area contributed by atoms with Gasteiger partial charge in [-0.2, -0.15) is 0 Å². The Morgan fingerprint density at radius 3 is 2.71 bits per heavy atom. The molecule has 1 saturated heterocycles. The van der Waals surface area contributed by atoms with Crippen LogP contribution in [0.4, 0.5) is 4.39 Å². The van der Waals surface area contributed by atoms with E-state index >= 15 is 0 Å². The summed E-state index contributed by atoms with van der Waals surface area (Å²) in [5.41, 5.74) is 0.783. The Labute approximate surface area is 128 Å². The number of rotatable bonds is 5. The first-order valence-corrected chi connectivity index (χ1v) is 8.20. The van der Waals surface area contributed by atoms with Gasteiger partial charge in [0.1, 0.15) is 5.82 Å². The van der Waals surface area contributed by atoms with E-state index in [9.17, 15) is 4.39 Å². The number of likely N-dealkylation sites (tertiary alicyclic amines) is 1. The van der Waals surface area contributed by atoms with Gasteiger partial charge in [-0.05, 0) is 51.3 Å². The zero-order chi connectivity index (χ0) is 15.4. The second kappa shape index (κ2) is 7.37. The summed E-state index contributed by atoms with van der Waals surface area (Å²) in [5.74, 6) is 1.02. The van der Waals surface area contributed by atoms with Crippen LogP contribution in [0.2, 0.25) is 0 Å². The lowest BCUT2D eigenvalue weighted by Crippen LogP contribution is -2.46. The minimum atomic E-state index is -0.108. The van der Waals surface area contributed by atoms with Gasteiger partial charge < -0.3 is 10.2 Å². The van der Waals surface area contributed by atoms with Crippen LogP contribution in [-0.2, 0) is 0 Å². The van der Waals surface area contributed by atoms with Crippen LogP contribution in [0.3, 0.4) is 0 Å². The highest BCUT2D eigenvalue weighted by atomic mass is 19.1. The molecule has 3 heteroatoms. The predicted molar refractivity (Wildman–Crippen MR) is 86.8 cm³/mol. The first kappa shape index (κ1) is 16.4. The molecular formula is C18H29FN2. The molecule has 0 bridgehead atoms. The van der Waals surface area contributed by atoms with E-state index in [1.165, 1.54) is 19.4 Å². The van der Waals surface area contributed by atoms with E-state index in [1.807, 2.05) is 19.2 Å². The molecule has 2 rings (SSSR count). The summed E-state index contributed by atoms with van der Waals surface area (Å²) in [7, 11) is 1.93. The third-order valence-corrected chi connectivity index (χ3v) is 5.15. The molecule has 1 aromatic carbocycles. The van der Waals surface area contributed by atoms with Gasteiger partial charge in [0.2, 0.25) is 0 Å². The zero-order valence-electron chi connectivity index (χ0n) is 13.8. The maximum atomic E-state index is 14.1. The number of hydrogen-bond donors (Lipinski definition) is 1. The fourth-order valence-electron chi connectivity index (χ4n) is 3.63. The largest absolute Gasteiger partial charge is 0.313 e. The molecule has 1 aliphatic heterocycles. The van der Waals surface area contributed by atoms with E-state index in [1.54, 1.807) is 12.1 Å². The number of piperidine rings is 1. The summed E-state index contributed by atoms with van der Waals surface area (Å²) in [6.45, 7) is 9.08. The first-order chi connectivity index (χ1) is 10.0. The number of benzene rings is 1. The molecule has 1 aliphatic rings. The maximum absolute atomic E-state index is 14.1. The van der Waals surface area contributed by atoms with Crippen molar-refractivity contribution in [1.82, 2.24) is 10.2 Å². The molecule has 0 radical (unpaired) electrons. The molecule has 0 amide bonds. The van der Waals surface area contributed by atoms with E-state index in [0.29, 0.717) is 12.0 Å². The average molecular weight is 292 g/mol. The van der Waals surface area contributed by atoms with Gasteiger partial charge in [0.25, 0.3) is 0 Å². The lowest BCUT2D eigenvalue weighted by Gasteiger charge is -2.40. The molecule has 4 unspecified atom stereocenters. The third-order valence-electron chi connectivity index (χ3n) is 5.15. The highest BCUT2D eigenvalue weighted by molar-refractivity contribution is 5.21. The fraction of sp³-hybridized carbons (Fsp3) is 0.667. The number of nitrogens with zero attached hydrogens (tertiary/aromatic N) is 1. The van der Waals surface area contributed by atoms with Gasteiger partial charge in [-0.1, -0.05) is 32.0 Å². The summed E-state index contributed by atoms with van der Waals surface area (Å²) in [5, 5.41) is 3.31. The van der Waals surface area contributed by atoms with E-state index < -0.39 is 0 Å². The van der Waals surface area contributed by atoms with Crippen molar-refractivity contribution in [3.63, 3.8) is 0 Å². The summed E-state index contributed by atoms with van der Waals surface area (Å²) < 4.78 is 14.1. The van der Waals surface area contributed by atoms with E-state index in [2.05, 4.69) is 31.0 Å². The van der Waals surface area contributed by atoms with Crippen molar-refractivity contribution >= 4 is 0 Å². The molecule has 1 aromatic rings. The zero-order valence-corrected chi connectivity index (χ0v) is 13.8. The van der Waals surface area contributed by atoms with Crippen molar-refractivity contribution in [3.05, 3.63) is 35.6 Å². The first-order valence-electron chi connectivity index (χ1n) is 8.20. The number of hydrogen-bond acceptors (Lipinski definition) is 2. The predicted octanol–water partition coefficient (Wildman–Crippen LogP) is 3.84. The van der Waals surface area contributed by atoms with Gasteiger partial charge in [0.05, 0.1) is 0 Å². The van der Waals surface area contributed by atoms with E-state index in [4.69, 9.17) is 0 Å². The van der Waals surface area contributed by atoms with Crippen molar-refractivity contribution in [2.24, 2.45) is 11.8 Å². The van der Waals surface area contributed by atoms with Crippen molar-refractivity contribution in [2.45, 2.75) is 45.7 Å². The number of halogens is 1. The van der Waals surface area contributed by atoms with Gasteiger partial charge in [-0.15, -0.1) is 0 Å². The smallest absolute Gasteiger partial charge is 0.127 e. The molecule has 1 fully saturated rings. The fourth-order valence-corrected chi connectivity index (χ4v) is 3.63. The molecule has 0 aromatic heterocycles. The topological polar surface area (TPSA) is 15.3 Å². The lowest BCUT2D eigenvalue weighted by atomic mass is 9.89. The SMILES string of the molecule is CNC(c1ccccc1F)C(C)CN1CCCC(C)C1C. The standard InChI is InChI=1S/C18H29FN2/c1-13-8-7-11-21(15(13)3)12-14(2)18(20-4)16-9-5-6-10-17(16)19/h5-6,9-10,13-15,18,20H,7-8,11-12H2,1-4H3. The van der Waals surface area contributed by atoms with Gasteiger partial charge in [-0.25, -0.2) is 4.39 Å². The van der Waals surface area contributed by atoms with Crippen molar-refractivity contribution in [3.8, 4) is 0 Å². The number of nitrogens with one attached hydrogen (secondary N) is 1. The third kappa shape index (κ3) is 3.83. The van der Waals surface area contributed by atoms with E-state index in [-0.39, 0.29) is 11.9 Å². The minimum Gasteiger partial charge on any atom is -0.313 e. The molecular weight excluding hydrogens is 263 g/mol. The molecule has 0 spiro atoms. The molecule has 1 N–H and O–H groups in total. The molecule has 21 heavy (non-hydrogen) atoms. The van der Waals surface area contributed by atoms with Crippen molar-refractivity contribution < 1.29 is 4.39 Å². The molecule has 1 heterocycles. The summed E-state index contributed by atoms with van der Waals surface area (Å²) >= 11 is 0. The van der Waals surface area contributed by atoms with Crippen molar-refractivity contribution in [2.75, 3.05) is 20.1 Å². The molecule has 0 saturated carbocycles. The quantitative estimate of drug-likeness (QED) is 0.887. The van der Waals surface area contributed by atoms with Gasteiger partial charge >= 0.3 is 0 Å². The Morgan fingerprint density at radius 1 is 1.33 bits per heavy atom. The Hall–Kier alpha value is -0.930. The van der Waals surface area contributed by atoms with Gasteiger partial charge in [-0.3, -0.25) is 0 Å². The maximum Gasteiger partial charge on any atom is 0.127 e. The normalized spacial score (nSPS) is 26.5. The van der Waals surface area contributed by atoms with Crippen LogP contribution in [0, 0.1) is 17.7 Å². The van der Waals surface area contributed by atoms with Gasteiger partial charge in [0.15, 0.2) is 0 Å². The van der Waals surface area contributed by atoms with Crippen molar-refractivity contribution in [1.29, 1.82) is 0 Å². The second-order valence-corrected chi connectivity index (χ2v) is 6.62. The van der Waals surface area contributed by atoms with Crippen LogP contribution in [0.15, 0.2) is 24.3 Å². The summed E-state index contributed by atoms with van der Waals surface area (Å²) in [6.07, 6.45) is 2.61. The lowest BCUT2D eigenvalue weighted by molar-refractivity contribution is 0.0905. The van der Waals surface area contributed by atoms with Crippen LogP contribution >= 0.6 is 0 Å². The van der Waals surface area contributed by atoms with Crippen LogP contribution in [0.5, 0.6) is 0 Å². The van der Waals surface area contributed by atoms with Gasteiger partial charge in [0, 0.05) is 24.2 Å². The second-order valence-electron chi connectivity index (χ2n) is 6.62. The Balaban J connectivity index is 2.07. The van der Waals surface area contributed by atoms with Crippen LogP contribution < -0.4 is 5.32 Å². The molecule has 4 atom stereocenters. The summed E-state index contributed by atoms with van der Waals surface area (Å²) in [6, 6.07) is 7.81. The van der Waals surface area contributed by atoms with Crippen LogP contribution in [0.25, 0.3) is 0 Å². The average Bonchev–Trinajstić information content (AvgIpc) is 2.47. The molecule has 2 nitrogen and oxygen atoms in total. The Bertz CT molecular complexity index is 449. The van der Waals surface area contributed by atoms with Crippen LogP contribution in [0.1, 0.15) is 45.2 Å². The van der Waals surface area contributed by atoms with Crippen LogP contribution in [-0.4, -0.2) is 31.1 Å². The highest BCUT2D eigenvalue weighted by Gasteiger charge is 2.28. The Morgan fingerprint density at radius 2 is 2.05 bits per heavy atom.